The molecule has 2 fully saturated rings. The highest BCUT2D eigenvalue weighted by atomic mass is 16.3. The Labute approximate surface area is 84.1 Å². The van der Waals surface area contributed by atoms with Crippen LogP contribution in [0, 0.1) is 16.7 Å². The first-order valence-corrected chi connectivity index (χ1v) is 5.29. The summed E-state index contributed by atoms with van der Waals surface area (Å²) in [7, 11) is 0. The van der Waals surface area contributed by atoms with Gasteiger partial charge in [0.15, 0.2) is 0 Å². The van der Waals surface area contributed by atoms with E-state index in [9.17, 15) is 9.90 Å². The molecular formula is C11H18O3. The molecule has 2 aliphatic rings. The number of carbonyl (C=O) groups is 1. The average molecular weight is 198 g/mol. The second kappa shape index (κ2) is 2.80. The molecule has 2 rings (SSSR count). The first kappa shape index (κ1) is 10.1. The second-order valence-corrected chi connectivity index (χ2v) is 5.25. The molecule has 3 unspecified atom stereocenters. The molecule has 14 heavy (non-hydrogen) atoms. The van der Waals surface area contributed by atoms with Crippen LogP contribution in [0.15, 0.2) is 0 Å². The van der Waals surface area contributed by atoms with Gasteiger partial charge in [0.1, 0.15) is 5.78 Å². The molecule has 2 aliphatic carbocycles. The Morgan fingerprint density at radius 3 is 2.57 bits per heavy atom. The van der Waals surface area contributed by atoms with E-state index in [4.69, 9.17) is 5.11 Å². The third-order valence-electron chi connectivity index (χ3n) is 4.73. The lowest BCUT2D eigenvalue weighted by atomic mass is 9.65. The highest BCUT2D eigenvalue weighted by Crippen LogP contribution is 2.65. The molecule has 3 heteroatoms. The lowest BCUT2D eigenvalue weighted by molar-refractivity contribution is -0.141. The van der Waals surface area contributed by atoms with Gasteiger partial charge in [-0.1, -0.05) is 13.8 Å². The van der Waals surface area contributed by atoms with E-state index in [1.54, 1.807) is 0 Å². The van der Waals surface area contributed by atoms with Gasteiger partial charge in [0.2, 0.25) is 0 Å². The number of hydrogen-bond acceptors (Lipinski definition) is 3. The zero-order valence-electron chi connectivity index (χ0n) is 8.79. The predicted octanol–water partition coefficient (Wildman–Crippen LogP) is 0.735. The standard InChI is InChI=1S/C11H18O3/c1-10(2)7-3-4-11(10,8(13)5-7)9(14)6-12/h7,9,12,14H,3-6H2,1-2H3. The van der Waals surface area contributed by atoms with Crippen molar-refractivity contribution in [2.45, 2.75) is 39.2 Å². The summed E-state index contributed by atoms with van der Waals surface area (Å²) in [6, 6.07) is 0. The molecule has 2 bridgehead atoms. The van der Waals surface area contributed by atoms with E-state index < -0.39 is 11.5 Å². The van der Waals surface area contributed by atoms with Crippen molar-refractivity contribution >= 4 is 5.78 Å². The van der Waals surface area contributed by atoms with Crippen molar-refractivity contribution in [3.05, 3.63) is 0 Å². The van der Waals surface area contributed by atoms with Crippen LogP contribution in [0.5, 0.6) is 0 Å². The summed E-state index contributed by atoms with van der Waals surface area (Å²) >= 11 is 0. The van der Waals surface area contributed by atoms with Crippen LogP contribution >= 0.6 is 0 Å². The van der Waals surface area contributed by atoms with Crippen LogP contribution in [-0.2, 0) is 4.79 Å². The Morgan fingerprint density at radius 1 is 1.57 bits per heavy atom. The molecule has 2 saturated carbocycles. The Morgan fingerprint density at radius 2 is 2.21 bits per heavy atom. The van der Waals surface area contributed by atoms with Gasteiger partial charge in [-0.25, -0.2) is 0 Å². The molecule has 0 radical (unpaired) electrons. The Balaban J connectivity index is 2.44. The molecule has 80 valence electrons. The maximum absolute atomic E-state index is 11.9. The van der Waals surface area contributed by atoms with E-state index in [0.29, 0.717) is 12.3 Å². The number of aliphatic hydroxyl groups excluding tert-OH is 2. The highest BCUT2D eigenvalue weighted by Gasteiger charge is 2.66. The quantitative estimate of drug-likeness (QED) is 0.688. The van der Waals surface area contributed by atoms with Crippen LogP contribution in [-0.4, -0.2) is 28.7 Å². The topological polar surface area (TPSA) is 57.5 Å². The summed E-state index contributed by atoms with van der Waals surface area (Å²) in [6.07, 6.45) is 1.46. The van der Waals surface area contributed by atoms with Crippen LogP contribution in [0.1, 0.15) is 33.1 Å². The van der Waals surface area contributed by atoms with Gasteiger partial charge in [0.05, 0.1) is 18.1 Å². The number of ketones is 1. The largest absolute Gasteiger partial charge is 0.394 e. The van der Waals surface area contributed by atoms with Crippen LogP contribution in [0.3, 0.4) is 0 Å². The number of fused-ring (bicyclic) bond motifs is 2. The Hall–Kier alpha value is -0.410. The number of aliphatic hydroxyl groups is 2. The van der Waals surface area contributed by atoms with E-state index >= 15 is 0 Å². The van der Waals surface area contributed by atoms with Crippen molar-refractivity contribution in [3.8, 4) is 0 Å². The van der Waals surface area contributed by atoms with Gasteiger partial charge in [-0.15, -0.1) is 0 Å². The van der Waals surface area contributed by atoms with E-state index in [1.165, 1.54) is 0 Å². The lowest BCUT2D eigenvalue weighted by Gasteiger charge is -2.39. The zero-order chi connectivity index (χ0) is 10.6. The first-order chi connectivity index (χ1) is 6.46. The van der Waals surface area contributed by atoms with Crippen LogP contribution < -0.4 is 0 Å². The highest BCUT2D eigenvalue weighted by molar-refractivity contribution is 5.90. The van der Waals surface area contributed by atoms with Gasteiger partial charge in [0, 0.05) is 6.42 Å². The summed E-state index contributed by atoms with van der Waals surface area (Å²) in [5.41, 5.74) is -0.807. The summed E-state index contributed by atoms with van der Waals surface area (Å²) in [5.74, 6) is 0.552. The summed E-state index contributed by atoms with van der Waals surface area (Å²) in [6.45, 7) is 3.80. The number of hydrogen-bond donors (Lipinski definition) is 2. The molecule has 0 amide bonds. The van der Waals surface area contributed by atoms with Gasteiger partial charge in [-0.3, -0.25) is 4.79 Å². The fourth-order valence-corrected chi connectivity index (χ4v) is 3.65. The normalized spacial score (nSPS) is 41.7. The molecule has 0 aromatic carbocycles. The van der Waals surface area contributed by atoms with Crippen LogP contribution in [0.2, 0.25) is 0 Å². The molecule has 0 saturated heterocycles. The fourth-order valence-electron chi connectivity index (χ4n) is 3.65. The Bertz CT molecular complexity index is 272. The number of rotatable bonds is 2. The Kier molecular flexibility index (Phi) is 2.02. The minimum absolute atomic E-state index is 0.147. The zero-order valence-corrected chi connectivity index (χ0v) is 8.79. The molecule has 0 aromatic heterocycles. The third-order valence-corrected chi connectivity index (χ3v) is 4.73. The molecule has 0 aliphatic heterocycles. The van der Waals surface area contributed by atoms with Gasteiger partial charge >= 0.3 is 0 Å². The SMILES string of the molecule is CC1(C)C2CCC1(C(O)CO)C(=O)C2. The van der Waals surface area contributed by atoms with Gasteiger partial charge < -0.3 is 10.2 Å². The minimum atomic E-state index is -0.877. The number of carbonyl (C=O) groups excluding carboxylic acids is 1. The first-order valence-electron chi connectivity index (χ1n) is 5.29. The molecule has 0 aromatic rings. The molecule has 3 nitrogen and oxygen atoms in total. The van der Waals surface area contributed by atoms with Crippen molar-refractivity contribution < 1.29 is 15.0 Å². The molecule has 2 N–H and O–H groups in total. The molecule has 3 atom stereocenters. The second-order valence-electron chi connectivity index (χ2n) is 5.25. The van der Waals surface area contributed by atoms with Crippen LogP contribution in [0.4, 0.5) is 0 Å². The van der Waals surface area contributed by atoms with E-state index in [2.05, 4.69) is 13.8 Å². The minimum Gasteiger partial charge on any atom is -0.394 e. The molecule has 0 spiro atoms. The fraction of sp³-hybridized carbons (Fsp3) is 0.909. The molecule has 0 heterocycles. The van der Waals surface area contributed by atoms with Crippen molar-refractivity contribution in [3.63, 3.8) is 0 Å². The smallest absolute Gasteiger partial charge is 0.142 e. The number of Topliss-reactive ketones (excluding diaryl/α,β-unsaturated/α-hetero) is 1. The summed E-state index contributed by atoms with van der Waals surface area (Å²) in [4.78, 5) is 11.9. The van der Waals surface area contributed by atoms with Gasteiger partial charge in [0.25, 0.3) is 0 Å². The van der Waals surface area contributed by atoms with Crippen molar-refractivity contribution in [2.24, 2.45) is 16.7 Å². The van der Waals surface area contributed by atoms with E-state index in [1.807, 2.05) is 0 Å². The average Bonchev–Trinajstić information content (AvgIpc) is 2.49. The van der Waals surface area contributed by atoms with E-state index in [-0.39, 0.29) is 17.8 Å². The summed E-state index contributed by atoms with van der Waals surface area (Å²) < 4.78 is 0. The van der Waals surface area contributed by atoms with Crippen molar-refractivity contribution in [2.75, 3.05) is 6.61 Å². The van der Waals surface area contributed by atoms with Gasteiger partial charge in [-0.05, 0) is 24.2 Å². The maximum Gasteiger partial charge on any atom is 0.142 e. The van der Waals surface area contributed by atoms with E-state index in [0.717, 1.165) is 12.8 Å². The van der Waals surface area contributed by atoms with Gasteiger partial charge in [-0.2, -0.15) is 0 Å². The monoisotopic (exact) mass is 198 g/mol. The lowest BCUT2D eigenvalue weighted by Crippen LogP contribution is -2.48. The van der Waals surface area contributed by atoms with Crippen molar-refractivity contribution in [1.29, 1.82) is 0 Å². The predicted molar refractivity (Wildman–Crippen MR) is 51.7 cm³/mol. The maximum atomic E-state index is 11.9. The molecular weight excluding hydrogens is 180 g/mol. The summed E-state index contributed by atoms with van der Waals surface area (Å²) in [5, 5.41) is 18.9. The van der Waals surface area contributed by atoms with Crippen molar-refractivity contribution in [1.82, 2.24) is 0 Å². The van der Waals surface area contributed by atoms with Crippen LogP contribution in [0.25, 0.3) is 0 Å². The third kappa shape index (κ3) is 0.873.